The molecule has 80 valence electrons. The lowest BCUT2D eigenvalue weighted by atomic mass is 9.75. The standard InChI is InChI=1S/C10H15IO3/c11-7-8-10(6-9(12)14-8)2-1-4-13-5-3-10/h8H,1-7H2. The third-order valence-corrected chi connectivity index (χ3v) is 4.10. The zero-order valence-corrected chi connectivity index (χ0v) is 10.3. The van der Waals surface area contributed by atoms with Crippen molar-refractivity contribution in [3.63, 3.8) is 0 Å². The van der Waals surface area contributed by atoms with Crippen molar-refractivity contribution in [3.8, 4) is 0 Å². The molecule has 0 aromatic carbocycles. The maximum absolute atomic E-state index is 11.3. The van der Waals surface area contributed by atoms with E-state index in [4.69, 9.17) is 9.47 Å². The fourth-order valence-electron chi connectivity index (χ4n) is 2.45. The van der Waals surface area contributed by atoms with Crippen LogP contribution in [-0.4, -0.2) is 29.7 Å². The van der Waals surface area contributed by atoms with Gasteiger partial charge in [0.1, 0.15) is 6.10 Å². The van der Waals surface area contributed by atoms with E-state index in [0.717, 1.165) is 36.9 Å². The Bertz CT molecular complexity index is 221. The average molecular weight is 310 g/mol. The van der Waals surface area contributed by atoms with Crippen molar-refractivity contribution in [2.45, 2.75) is 31.8 Å². The summed E-state index contributed by atoms with van der Waals surface area (Å²) in [6, 6.07) is 0. The lowest BCUT2D eigenvalue weighted by Crippen LogP contribution is -2.32. The first-order valence-electron chi connectivity index (χ1n) is 5.10. The minimum Gasteiger partial charge on any atom is -0.461 e. The number of rotatable bonds is 1. The van der Waals surface area contributed by atoms with Gasteiger partial charge in [0.2, 0.25) is 0 Å². The van der Waals surface area contributed by atoms with Crippen molar-refractivity contribution >= 4 is 28.6 Å². The number of hydrogen-bond acceptors (Lipinski definition) is 3. The molecule has 2 rings (SSSR count). The molecular weight excluding hydrogens is 295 g/mol. The van der Waals surface area contributed by atoms with Crippen LogP contribution in [0.2, 0.25) is 0 Å². The van der Waals surface area contributed by atoms with Gasteiger partial charge in [-0.3, -0.25) is 4.79 Å². The van der Waals surface area contributed by atoms with Crippen LogP contribution >= 0.6 is 22.6 Å². The van der Waals surface area contributed by atoms with E-state index in [2.05, 4.69) is 22.6 Å². The number of hydrogen-bond donors (Lipinski definition) is 0. The highest BCUT2D eigenvalue weighted by molar-refractivity contribution is 14.1. The second kappa shape index (κ2) is 4.35. The number of alkyl halides is 1. The van der Waals surface area contributed by atoms with Crippen LogP contribution in [0.4, 0.5) is 0 Å². The number of carbonyl (C=O) groups excluding carboxylic acids is 1. The predicted molar refractivity (Wildman–Crippen MR) is 60.5 cm³/mol. The minimum atomic E-state index is -0.0198. The molecule has 2 saturated heterocycles. The Balaban J connectivity index is 2.14. The molecule has 2 heterocycles. The fourth-order valence-corrected chi connectivity index (χ4v) is 3.56. The summed E-state index contributed by atoms with van der Waals surface area (Å²) in [6.45, 7) is 1.62. The van der Waals surface area contributed by atoms with E-state index in [1.807, 2.05) is 0 Å². The maximum atomic E-state index is 11.3. The molecule has 2 unspecified atom stereocenters. The summed E-state index contributed by atoms with van der Waals surface area (Å²) >= 11 is 2.31. The van der Waals surface area contributed by atoms with Crippen LogP contribution < -0.4 is 0 Å². The van der Waals surface area contributed by atoms with Crippen molar-refractivity contribution in [2.75, 3.05) is 17.6 Å². The Morgan fingerprint density at radius 3 is 3.07 bits per heavy atom. The summed E-state index contributed by atoms with van der Waals surface area (Å²) < 4.78 is 11.7. The third-order valence-electron chi connectivity index (χ3n) is 3.30. The summed E-state index contributed by atoms with van der Waals surface area (Å²) in [5.74, 6) is -0.0198. The van der Waals surface area contributed by atoms with Gasteiger partial charge in [-0.2, -0.15) is 0 Å². The summed E-state index contributed by atoms with van der Waals surface area (Å²) in [4.78, 5) is 11.3. The monoisotopic (exact) mass is 310 g/mol. The number of carbonyl (C=O) groups is 1. The van der Waals surface area contributed by atoms with E-state index in [1.165, 1.54) is 0 Å². The SMILES string of the molecule is O=C1CC2(CCCOCC2)C(CI)O1. The van der Waals surface area contributed by atoms with Gasteiger partial charge in [0, 0.05) is 23.1 Å². The Hall–Kier alpha value is 0.160. The molecule has 0 bridgehead atoms. The van der Waals surface area contributed by atoms with Gasteiger partial charge < -0.3 is 9.47 Å². The van der Waals surface area contributed by atoms with Gasteiger partial charge in [0.05, 0.1) is 6.42 Å². The van der Waals surface area contributed by atoms with Crippen LogP contribution in [0.5, 0.6) is 0 Å². The lowest BCUT2D eigenvalue weighted by molar-refractivity contribution is -0.140. The van der Waals surface area contributed by atoms with E-state index in [-0.39, 0.29) is 17.5 Å². The zero-order valence-electron chi connectivity index (χ0n) is 8.13. The van der Waals surface area contributed by atoms with Crippen molar-refractivity contribution in [2.24, 2.45) is 5.41 Å². The van der Waals surface area contributed by atoms with Crippen LogP contribution in [0.15, 0.2) is 0 Å². The summed E-state index contributed by atoms with van der Waals surface area (Å²) in [6.07, 6.45) is 3.84. The average Bonchev–Trinajstić information content (AvgIpc) is 2.37. The number of cyclic esters (lactones) is 1. The van der Waals surface area contributed by atoms with Crippen molar-refractivity contribution in [1.82, 2.24) is 0 Å². The van der Waals surface area contributed by atoms with Gasteiger partial charge in [-0.1, -0.05) is 22.6 Å². The van der Waals surface area contributed by atoms with Crippen molar-refractivity contribution in [3.05, 3.63) is 0 Å². The first-order chi connectivity index (χ1) is 6.77. The number of halogens is 1. The van der Waals surface area contributed by atoms with E-state index in [1.54, 1.807) is 0 Å². The number of ether oxygens (including phenoxy) is 2. The van der Waals surface area contributed by atoms with Crippen LogP contribution in [0.3, 0.4) is 0 Å². The first-order valence-corrected chi connectivity index (χ1v) is 6.63. The molecule has 0 saturated carbocycles. The van der Waals surface area contributed by atoms with E-state index in [0.29, 0.717) is 6.42 Å². The lowest BCUT2D eigenvalue weighted by Gasteiger charge is -2.29. The molecule has 0 aromatic rings. The highest BCUT2D eigenvalue weighted by atomic mass is 127. The Morgan fingerprint density at radius 2 is 2.29 bits per heavy atom. The molecule has 14 heavy (non-hydrogen) atoms. The van der Waals surface area contributed by atoms with E-state index < -0.39 is 0 Å². The molecule has 4 heteroatoms. The number of esters is 1. The van der Waals surface area contributed by atoms with Gasteiger partial charge in [-0.15, -0.1) is 0 Å². The van der Waals surface area contributed by atoms with E-state index in [9.17, 15) is 4.79 Å². The molecule has 0 radical (unpaired) electrons. The predicted octanol–water partition coefficient (Wildman–Crippen LogP) is 1.92. The van der Waals surface area contributed by atoms with Gasteiger partial charge in [-0.25, -0.2) is 0 Å². The highest BCUT2D eigenvalue weighted by Crippen LogP contribution is 2.44. The third kappa shape index (κ3) is 1.91. The summed E-state index contributed by atoms with van der Waals surface area (Å²) in [5, 5.41) is 0. The molecule has 0 aliphatic carbocycles. The molecule has 3 nitrogen and oxygen atoms in total. The molecule has 2 aliphatic rings. The van der Waals surface area contributed by atoms with Gasteiger partial charge in [0.15, 0.2) is 0 Å². The molecule has 1 spiro atoms. The minimum absolute atomic E-state index is 0.0198. The molecule has 0 aromatic heterocycles. The largest absolute Gasteiger partial charge is 0.461 e. The van der Waals surface area contributed by atoms with Gasteiger partial charge >= 0.3 is 5.97 Å². The van der Waals surface area contributed by atoms with Crippen LogP contribution in [0, 0.1) is 5.41 Å². The van der Waals surface area contributed by atoms with Gasteiger partial charge in [-0.05, 0) is 19.3 Å². The second-order valence-corrected chi connectivity index (χ2v) is 5.02. The Labute approximate surface area is 97.7 Å². The molecule has 2 aliphatic heterocycles. The fraction of sp³-hybridized carbons (Fsp3) is 0.900. The molecule has 0 amide bonds. The van der Waals surface area contributed by atoms with Crippen molar-refractivity contribution < 1.29 is 14.3 Å². The molecular formula is C10H15IO3. The maximum Gasteiger partial charge on any atom is 0.306 e. The van der Waals surface area contributed by atoms with Gasteiger partial charge in [0.25, 0.3) is 0 Å². The van der Waals surface area contributed by atoms with E-state index >= 15 is 0 Å². The molecule has 0 N–H and O–H groups in total. The van der Waals surface area contributed by atoms with Crippen molar-refractivity contribution in [1.29, 1.82) is 0 Å². The summed E-state index contributed by atoms with van der Waals surface area (Å²) in [5.41, 5.74) is 0.0920. The van der Waals surface area contributed by atoms with Crippen LogP contribution in [0.25, 0.3) is 0 Å². The van der Waals surface area contributed by atoms with Crippen LogP contribution in [0.1, 0.15) is 25.7 Å². The topological polar surface area (TPSA) is 35.5 Å². The smallest absolute Gasteiger partial charge is 0.306 e. The first kappa shape index (κ1) is 10.7. The second-order valence-electron chi connectivity index (χ2n) is 4.14. The van der Waals surface area contributed by atoms with Crippen LogP contribution in [-0.2, 0) is 14.3 Å². The molecule has 2 fully saturated rings. The quantitative estimate of drug-likeness (QED) is 0.422. The highest BCUT2D eigenvalue weighted by Gasteiger charge is 2.48. The normalized spacial score (nSPS) is 38.4. The Morgan fingerprint density at radius 1 is 1.43 bits per heavy atom. The summed E-state index contributed by atoms with van der Waals surface area (Å²) in [7, 11) is 0. The molecule has 2 atom stereocenters. The zero-order chi connectivity index (χ0) is 10.0. The Kier molecular flexibility index (Phi) is 3.31.